The number of fused-ring (bicyclic) bond motifs is 3. The zero-order valence-electron chi connectivity index (χ0n) is 8.56. The maximum absolute atomic E-state index is 3.50. The molecule has 1 aliphatic rings. The van der Waals surface area contributed by atoms with Crippen LogP contribution < -0.4 is 18.9 Å². The van der Waals surface area contributed by atoms with Gasteiger partial charge in [-0.15, -0.1) is 11.5 Å². The Hall–Kier alpha value is -0.643. The molecule has 0 radical (unpaired) electrons. The average Bonchev–Trinajstić information content (AvgIpc) is 2.56. The van der Waals surface area contributed by atoms with Gasteiger partial charge in [-0.25, -0.2) is 0 Å². The molecule has 0 atom stereocenters. The summed E-state index contributed by atoms with van der Waals surface area (Å²) in [6.07, 6.45) is 5.15. The van der Waals surface area contributed by atoms with E-state index in [1.807, 2.05) is 6.07 Å². The van der Waals surface area contributed by atoms with Gasteiger partial charge in [-0.1, -0.05) is 11.1 Å². The number of rotatable bonds is 0. The fourth-order valence-electron chi connectivity index (χ4n) is 2.29. The third-order valence-corrected chi connectivity index (χ3v) is 2.94. The molecule has 1 aromatic carbocycles. The minimum atomic E-state index is 0. The molecule has 66 valence electrons. The van der Waals surface area contributed by atoms with Crippen molar-refractivity contribution in [1.29, 1.82) is 0 Å². The van der Waals surface area contributed by atoms with E-state index in [9.17, 15) is 0 Å². The normalized spacial score (nSPS) is 14.9. The minimum absolute atomic E-state index is 0. The molecule has 0 fully saturated rings. The van der Waals surface area contributed by atoms with Gasteiger partial charge < -0.3 is 4.98 Å². The topological polar surface area (TPSA) is 15.8 Å². The second kappa shape index (κ2) is 3.85. The van der Waals surface area contributed by atoms with E-state index in [0.29, 0.717) is 0 Å². The predicted octanol–water partition coefficient (Wildman–Crippen LogP) is -0.149. The van der Waals surface area contributed by atoms with Crippen LogP contribution in [-0.2, 0) is 12.8 Å². The van der Waals surface area contributed by atoms with Gasteiger partial charge in [-0.05, 0) is 25.7 Å². The van der Waals surface area contributed by atoms with Crippen LogP contribution in [0.15, 0.2) is 18.2 Å². The van der Waals surface area contributed by atoms with E-state index in [0.717, 1.165) is 0 Å². The van der Waals surface area contributed by atoms with E-state index in [4.69, 9.17) is 0 Å². The zero-order valence-corrected chi connectivity index (χ0v) is 8.56. The number of aromatic nitrogens is 1. The summed E-state index contributed by atoms with van der Waals surface area (Å²) < 4.78 is 0. The van der Waals surface area contributed by atoms with Crippen molar-refractivity contribution in [3.8, 4) is 0 Å². The van der Waals surface area contributed by atoms with Crippen LogP contribution in [0.4, 0.5) is 0 Å². The van der Waals surface area contributed by atoms with Crippen molar-refractivity contribution in [3.63, 3.8) is 0 Å². The number of H-pyrrole nitrogens is 1. The van der Waals surface area contributed by atoms with Crippen LogP contribution in [0, 0.1) is 6.07 Å². The molecule has 1 heterocycles. The number of hydrogen-bond acceptors (Lipinski definition) is 0. The quantitative estimate of drug-likeness (QED) is 0.425. The SMILES string of the molecule is [Li+].[c-]1ccc2[nH]c3c(c2c1)CCCC3. The molecular formula is C12H12LiN. The first kappa shape index (κ1) is 9.90. The van der Waals surface area contributed by atoms with Crippen LogP contribution in [0.1, 0.15) is 24.1 Å². The van der Waals surface area contributed by atoms with E-state index in [-0.39, 0.29) is 18.9 Å². The van der Waals surface area contributed by atoms with Gasteiger partial charge in [0.1, 0.15) is 0 Å². The van der Waals surface area contributed by atoms with Crippen molar-refractivity contribution < 1.29 is 18.9 Å². The Bertz CT molecular complexity index is 445. The first-order valence-corrected chi connectivity index (χ1v) is 4.95. The summed E-state index contributed by atoms with van der Waals surface area (Å²) in [5.74, 6) is 0. The largest absolute Gasteiger partial charge is 1.00 e. The van der Waals surface area contributed by atoms with Gasteiger partial charge in [0.25, 0.3) is 0 Å². The van der Waals surface area contributed by atoms with Crippen molar-refractivity contribution in [2.24, 2.45) is 0 Å². The van der Waals surface area contributed by atoms with Crippen LogP contribution in [-0.4, -0.2) is 4.98 Å². The van der Waals surface area contributed by atoms with Gasteiger partial charge in [-0.3, -0.25) is 0 Å². The zero-order chi connectivity index (χ0) is 8.67. The molecule has 14 heavy (non-hydrogen) atoms. The first-order chi connectivity index (χ1) is 6.45. The van der Waals surface area contributed by atoms with Gasteiger partial charge in [0.15, 0.2) is 0 Å². The molecule has 1 aliphatic carbocycles. The molecule has 0 spiro atoms. The number of aromatic amines is 1. The van der Waals surface area contributed by atoms with Gasteiger partial charge in [0.05, 0.1) is 0 Å². The Morgan fingerprint density at radius 2 is 2.07 bits per heavy atom. The third kappa shape index (κ3) is 1.41. The third-order valence-electron chi connectivity index (χ3n) is 2.94. The van der Waals surface area contributed by atoms with Crippen LogP contribution >= 0.6 is 0 Å². The summed E-state index contributed by atoms with van der Waals surface area (Å²) >= 11 is 0. The van der Waals surface area contributed by atoms with Crippen LogP contribution in [0.5, 0.6) is 0 Å². The second-order valence-electron chi connectivity index (χ2n) is 3.76. The van der Waals surface area contributed by atoms with Gasteiger partial charge in [0.2, 0.25) is 0 Å². The van der Waals surface area contributed by atoms with Crippen molar-refractivity contribution in [3.05, 3.63) is 35.5 Å². The van der Waals surface area contributed by atoms with Crippen molar-refractivity contribution in [2.45, 2.75) is 25.7 Å². The molecule has 0 aliphatic heterocycles. The standard InChI is InChI=1S/C12H12N.Li/c1-3-7-11-9(5-1)10-6-2-4-8-12(10)13-11;/h4,6,8,13H,1,3,5,7H2;/q-1;+1. The fraction of sp³-hybridized carbons (Fsp3) is 0.333. The fourth-order valence-corrected chi connectivity index (χ4v) is 2.29. The Labute approximate surface area is 96.1 Å². The van der Waals surface area contributed by atoms with E-state index >= 15 is 0 Å². The van der Waals surface area contributed by atoms with Crippen LogP contribution in [0.3, 0.4) is 0 Å². The number of nitrogens with one attached hydrogen (secondary N) is 1. The Balaban J connectivity index is 0.000000750. The molecule has 0 saturated heterocycles. The van der Waals surface area contributed by atoms with Crippen molar-refractivity contribution >= 4 is 10.9 Å². The summed E-state index contributed by atoms with van der Waals surface area (Å²) in [4.78, 5) is 3.50. The molecule has 1 nitrogen and oxygen atoms in total. The molecule has 0 saturated carbocycles. The predicted molar refractivity (Wildman–Crippen MR) is 53.8 cm³/mol. The molecule has 0 amide bonds. The molecule has 3 rings (SSSR count). The summed E-state index contributed by atoms with van der Waals surface area (Å²) in [6, 6.07) is 9.35. The molecule has 2 heteroatoms. The Kier molecular flexibility index (Phi) is 2.72. The van der Waals surface area contributed by atoms with Gasteiger partial charge >= 0.3 is 18.9 Å². The molecule has 0 unspecified atom stereocenters. The number of hydrogen-bond donors (Lipinski definition) is 1. The Morgan fingerprint density at radius 1 is 1.21 bits per heavy atom. The van der Waals surface area contributed by atoms with Crippen LogP contribution in [0.25, 0.3) is 10.9 Å². The van der Waals surface area contributed by atoms with Gasteiger partial charge in [0, 0.05) is 5.69 Å². The summed E-state index contributed by atoms with van der Waals surface area (Å²) in [6.45, 7) is 0. The summed E-state index contributed by atoms with van der Waals surface area (Å²) in [7, 11) is 0. The van der Waals surface area contributed by atoms with E-state index in [1.54, 1.807) is 0 Å². The maximum Gasteiger partial charge on any atom is 1.00 e. The molecule has 2 aromatic rings. The summed E-state index contributed by atoms with van der Waals surface area (Å²) in [5, 5.41) is 1.39. The monoisotopic (exact) mass is 177 g/mol. The van der Waals surface area contributed by atoms with E-state index in [1.165, 1.54) is 47.8 Å². The second-order valence-corrected chi connectivity index (χ2v) is 3.76. The Morgan fingerprint density at radius 3 is 3.00 bits per heavy atom. The maximum atomic E-state index is 3.50. The summed E-state index contributed by atoms with van der Waals surface area (Å²) in [5.41, 5.74) is 4.28. The smallest absolute Gasteiger partial charge is 0.382 e. The van der Waals surface area contributed by atoms with E-state index < -0.39 is 0 Å². The van der Waals surface area contributed by atoms with E-state index in [2.05, 4.69) is 23.2 Å². The molecule has 1 N–H and O–H groups in total. The number of aryl methyl sites for hydroxylation is 2. The molecular weight excluding hydrogens is 165 g/mol. The molecule has 1 aromatic heterocycles. The van der Waals surface area contributed by atoms with Crippen molar-refractivity contribution in [1.82, 2.24) is 4.98 Å². The molecule has 0 bridgehead atoms. The van der Waals surface area contributed by atoms with Crippen LogP contribution in [0.2, 0.25) is 0 Å². The van der Waals surface area contributed by atoms with Crippen molar-refractivity contribution in [2.75, 3.05) is 0 Å². The average molecular weight is 177 g/mol. The van der Waals surface area contributed by atoms with Gasteiger partial charge in [-0.2, -0.15) is 18.2 Å². The number of benzene rings is 1. The first-order valence-electron chi connectivity index (χ1n) is 4.95. The minimum Gasteiger partial charge on any atom is -0.382 e.